The Morgan fingerprint density at radius 3 is 2.90 bits per heavy atom. The normalized spacial score (nSPS) is 19.1. The van der Waals surface area contributed by atoms with E-state index >= 15 is 0 Å². The van der Waals surface area contributed by atoms with Gasteiger partial charge >= 0.3 is 0 Å². The summed E-state index contributed by atoms with van der Waals surface area (Å²) in [6.07, 6.45) is 1.65. The molecule has 1 aliphatic heterocycles. The maximum absolute atomic E-state index is 6.22. The molecule has 3 rings (SSSR count). The van der Waals surface area contributed by atoms with Crippen molar-refractivity contribution in [3.63, 3.8) is 0 Å². The topological polar surface area (TPSA) is 51.4 Å². The molecule has 1 aromatic carbocycles. The van der Waals surface area contributed by atoms with Crippen molar-refractivity contribution in [1.29, 1.82) is 0 Å². The van der Waals surface area contributed by atoms with Gasteiger partial charge in [0.1, 0.15) is 11.9 Å². The van der Waals surface area contributed by atoms with Crippen LogP contribution < -0.4 is 10.6 Å². The van der Waals surface area contributed by atoms with Gasteiger partial charge in [0, 0.05) is 25.4 Å². The van der Waals surface area contributed by atoms with Crippen LogP contribution >= 0.6 is 11.6 Å². The van der Waals surface area contributed by atoms with Gasteiger partial charge in [0.15, 0.2) is 0 Å². The minimum absolute atomic E-state index is 0.0513. The molecule has 0 saturated carbocycles. The van der Waals surface area contributed by atoms with Crippen molar-refractivity contribution in [2.24, 2.45) is 0 Å². The number of halogens is 1. The number of nitrogen functional groups attached to an aromatic ring is 1. The van der Waals surface area contributed by atoms with Gasteiger partial charge in [-0.3, -0.25) is 0 Å². The first-order valence-corrected chi connectivity index (χ1v) is 6.94. The Balaban J connectivity index is 1.83. The molecule has 2 aromatic rings. The van der Waals surface area contributed by atoms with Crippen LogP contribution in [-0.4, -0.2) is 24.7 Å². The largest absolute Gasteiger partial charge is 0.384 e. The zero-order valence-corrected chi connectivity index (χ0v) is 11.8. The molecule has 0 radical (unpaired) electrons. The molecule has 0 amide bonds. The lowest BCUT2D eigenvalue weighted by molar-refractivity contribution is 0.0398. The predicted molar refractivity (Wildman–Crippen MR) is 81.0 cm³/mol. The molecule has 4 nitrogen and oxygen atoms in total. The number of nitrogens with two attached hydrogens (primary N) is 1. The molecule has 1 aliphatic rings. The maximum atomic E-state index is 6.22. The van der Waals surface area contributed by atoms with Crippen molar-refractivity contribution in [3.8, 4) is 0 Å². The van der Waals surface area contributed by atoms with Crippen molar-refractivity contribution in [1.82, 2.24) is 4.98 Å². The Bertz CT molecular complexity index is 591. The molecule has 0 unspecified atom stereocenters. The lowest BCUT2D eigenvalue weighted by Crippen LogP contribution is -2.38. The standard InChI is InChI=1S/C15H16ClN3O/c16-12-9-18-15(17)8-13(12)19-6-7-20-14(10-19)11-4-2-1-3-5-11/h1-5,8-9,14H,6-7,10H2,(H2,17,18)/t14-/m0/s1. The molecule has 1 saturated heterocycles. The van der Waals surface area contributed by atoms with Gasteiger partial charge in [-0.25, -0.2) is 4.98 Å². The van der Waals surface area contributed by atoms with Crippen molar-refractivity contribution in [2.75, 3.05) is 30.3 Å². The highest BCUT2D eigenvalue weighted by Crippen LogP contribution is 2.31. The highest BCUT2D eigenvalue weighted by molar-refractivity contribution is 6.33. The number of hydrogen-bond donors (Lipinski definition) is 1. The van der Waals surface area contributed by atoms with Gasteiger partial charge < -0.3 is 15.4 Å². The van der Waals surface area contributed by atoms with E-state index in [0.29, 0.717) is 17.4 Å². The lowest BCUT2D eigenvalue weighted by atomic mass is 10.1. The first-order valence-electron chi connectivity index (χ1n) is 6.56. The summed E-state index contributed by atoms with van der Waals surface area (Å²) in [5.74, 6) is 0.479. The molecular weight excluding hydrogens is 274 g/mol. The van der Waals surface area contributed by atoms with Crippen LogP contribution in [0.25, 0.3) is 0 Å². The summed E-state index contributed by atoms with van der Waals surface area (Å²) in [6.45, 7) is 2.22. The molecule has 2 N–H and O–H groups in total. The average molecular weight is 290 g/mol. The molecule has 0 aliphatic carbocycles. The molecule has 20 heavy (non-hydrogen) atoms. The van der Waals surface area contributed by atoms with Crippen molar-refractivity contribution in [3.05, 3.63) is 53.2 Å². The Labute approximate surface area is 123 Å². The van der Waals surface area contributed by atoms with E-state index in [9.17, 15) is 0 Å². The van der Waals surface area contributed by atoms with Gasteiger partial charge in [0.25, 0.3) is 0 Å². The van der Waals surface area contributed by atoms with Crippen molar-refractivity contribution in [2.45, 2.75) is 6.10 Å². The monoisotopic (exact) mass is 289 g/mol. The molecule has 0 spiro atoms. The van der Waals surface area contributed by atoms with E-state index in [4.69, 9.17) is 22.1 Å². The predicted octanol–water partition coefficient (Wildman–Crippen LogP) is 2.90. The highest BCUT2D eigenvalue weighted by Gasteiger charge is 2.23. The zero-order valence-electron chi connectivity index (χ0n) is 11.0. The Kier molecular flexibility index (Phi) is 3.76. The number of aromatic nitrogens is 1. The quantitative estimate of drug-likeness (QED) is 0.923. The lowest BCUT2D eigenvalue weighted by Gasteiger charge is -2.35. The fourth-order valence-corrected chi connectivity index (χ4v) is 2.65. The number of morpholine rings is 1. The van der Waals surface area contributed by atoms with Crippen molar-refractivity contribution >= 4 is 23.1 Å². The van der Waals surface area contributed by atoms with E-state index in [2.05, 4.69) is 22.0 Å². The molecular formula is C15H16ClN3O. The van der Waals surface area contributed by atoms with Crippen LogP contribution in [-0.2, 0) is 4.74 Å². The summed E-state index contributed by atoms with van der Waals surface area (Å²) in [4.78, 5) is 6.20. The van der Waals surface area contributed by atoms with Gasteiger partial charge in [-0.05, 0) is 5.56 Å². The van der Waals surface area contributed by atoms with Crippen LogP contribution in [0.5, 0.6) is 0 Å². The van der Waals surface area contributed by atoms with Crippen LogP contribution in [0.4, 0.5) is 11.5 Å². The first-order chi connectivity index (χ1) is 9.74. The summed E-state index contributed by atoms with van der Waals surface area (Å²) in [7, 11) is 0. The van der Waals surface area contributed by atoms with E-state index in [1.165, 1.54) is 5.56 Å². The number of nitrogens with zero attached hydrogens (tertiary/aromatic N) is 2. The fourth-order valence-electron chi connectivity index (χ4n) is 2.42. The first kappa shape index (κ1) is 13.2. The molecule has 5 heteroatoms. The summed E-state index contributed by atoms with van der Waals surface area (Å²) in [5, 5.41) is 0.618. The summed E-state index contributed by atoms with van der Waals surface area (Å²) in [6, 6.07) is 12.0. The number of rotatable bonds is 2. The van der Waals surface area contributed by atoms with E-state index < -0.39 is 0 Å². The Hall–Kier alpha value is -1.78. The molecule has 1 fully saturated rings. The number of anilines is 2. The van der Waals surface area contributed by atoms with Gasteiger partial charge in [0.05, 0.1) is 17.3 Å². The van der Waals surface area contributed by atoms with Crippen LogP contribution in [0.1, 0.15) is 11.7 Å². The minimum Gasteiger partial charge on any atom is -0.384 e. The molecule has 0 bridgehead atoms. The van der Waals surface area contributed by atoms with Gasteiger partial charge in [-0.1, -0.05) is 41.9 Å². The Morgan fingerprint density at radius 1 is 1.30 bits per heavy atom. The van der Waals surface area contributed by atoms with E-state index in [-0.39, 0.29) is 6.10 Å². The average Bonchev–Trinajstić information content (AvgIpc) is 2.51. The smallest absolute Gasteiger partial charge is 0.125 e. The van der Waals surface area contributed by atoms with E-state index in [0.717, 1.165) is 18.8 Å². The minimum atomic E-state index is 0.0513. The number of hydrogen-bond acceptors (Lipinski definition) is 4. The second-order valence-corrected chi connectivity index (χ2v) is 5.18. The van der Waals surface area contributed by atoms with Crippen molar-refractivity contribution < 1.29 is 4.74 Å². The third-order valence-electron chi connectivity index (χ3n) is 3.43. The maximum Gasteiger partial charge on any atom is 0.125 e. The molecule has 1 aromatic heterocycles. The van der Waals surface area contributed by atoms with Crippen LogP contribution in [0.2, 0.25) is 5.02 Å². The third-order valence-corrected chi connectivity index (χ3v) is 3.73. The Morgan fingerprint density at radius 2 is 2.10 bits per heavy atom. The van der Waals surface area contributed by atoms with Gasteiger partial charge in [-0.2, -0.15) is 0 Å². The van der Waals surface area contributed by atoms with E-state index in [1.807, 2.05) is 24.3 Å². The molecule has 1 atom stereocenters. The number of pyridine rings is 1. The second-order valence-electron chi connectivity index (χ2n) is 4.78. The molecule has 2 heterocycles. The SMILES string of the molecule is Nc1cc(N2CCO[C@H](c3ccccc3)C2)c(Cl)cn1. The van der Waals surface area contributed by atoms with E-state index in [1.54, 1.807) is 6.20 Å². The summed E-state index contributed by atoms with van der Waals surface area (Å²) in [5.41, 5.74) is 7.85. The van der Waals surface area contributed by atoms with Crippen LogP contribution in [0.15, 0.2) is 42.6 Å². The fraction of sp³-hybridized carbons (Fsp3) is 0.267. The van der Waals surface area contributed by atoms with Crippen LogP contribution in [0.3, 0.4) is 0 Å². The number of benzene rings is 1. The summed E-state index contributed by atoms with van der Waals surface area (Å²) < 4.78 is 5.85. The third kappa shape index (κ3) is 2.71. The van der Waals surface area contributed by atoms with Gasteiger partial charge in [0.2, 0.25) is 0 Å². The number of ether oxygens (including phenoxy) is 1. The molecule has 104 valence electrons. The van der Waals surface area contributed by atoms with Gasteiger partial charge in [-0.15, -0.1) is 0 Å². The zero-order chi connectivity index (χ0) is 13.9. The van der Waals surface area contributed by atoms with Crippen LogP contribution in [0, 0.1) is 0 Å². The highest BCUT2D eigenvalue weighted by atomic mass is 35.5. The second kappa shape index (κ2) is 5.69. The summed E-state index contributed by atoms with van der Waals surface area (Å²) >= 11 is 6.22.